The Morgan fingerprint density at radius 1 is 0.500 bits per heavy atom. The van der Waals surface area contributed by atoms with Crippen LogP contribution in [0.3, 0.4) is 0 Å². The van der Waals surface area contributed by atoms with Crippen LogP contribution in [0.5, 0.6) is 0 Å². The topological polar surface area (TPSA) is 29.5 Å². The highest BCUT2D eigenvalue weighted by Crippen LogP contribution is 2.14. The van der Waals surface area contributed by atoms with E-state index < -0.39 is 6.29 Å². The van der Waals surface area contributed by atoms with Crippen molar-refractivity contribution in [3.8, 4) is 0 Å². The van der Waals surface area contributed by atoms with Crippen LogP contribution in [0.2, 0.25) is 0 Å². The average Bonchev–Trinajstić information content (AvgIpc) is 2.64. The monoisotopic (exact) mass is 370 g/mol. The third-order valence-corrected chi connectivity index (χ3v) is 5.34. The molecule has 2 nitrogen and oxygen atoms in total. The molecule has 0 rings (SSSR count). The highest BCUT2D eigenvalue weighted by atomic mass is 16.6. The molecule has 0 aliphatic carbocycles. The molecule has 1 atom stereocenters. The molecule has 0 aliphatic rings. The van der Waals surface area contributed by atoms with Gasteiger partial charge < -0.3 is 9.84 Å². The van der Waals surface area contributed by atoms with Crippen molar-refractivity contribution in [1.82, 2.24) is 0 Å². The summed E-state index contributed by atoms with van der Waals surface area (Å²) in [4.78, 5) is 0. The molecule has 0 aromatic heterocycles. The molecular weight excluding hydrogens is 320 g/mol. The Morgan fingerprint density at radius 3 is 1.19 bits per heavy atom. The smallest absolute Gasteiger partial charge is 0.154 e. The lowest BCUT2D eigenvalue weighted by Gasteiger charge is -2.10. The first-order valence-electron chi connectivity index (χ1n) is 12.1. The second kappa shape index (κ2) is 23.0. The van der Waals surface area contributed by atoms with Crippen molar-refractivity contribution in [3.05, 3.63) is 0 Å². The number of hydrogen-bond donors (Lipinski definition) is 1. The first-order valence-corrected chi connectivity index (χ1v) is 12.1. The second-order valence-electron chi connectivity index (χ2n) is 8.12. The van der Waals surface area contributed by atoms with Crippen molar-refractivity contribution < 1.29 is 9.84 Å². The van der Waals surface area contributed by atoms with Crippen LogP contribution < -0.4 is 0 Å². The quantitative estimate of drug-likeness (QED) is 0.154. The molecule has 0 heterocycles. The summed E-state index contributed by atoms with van der Waals surface area (Å²) in [6, 6.07) is 0. The molecule has 0 fully saturated rings. The van der Waals surface area contributed by atoms with Gasteiger partial charge in [0.2, 0.25) is 0 Å². The van der Waals surface area contributed by atoms with Crippen LogP contribution in [0.4, 0.5) is 0 Å². The van der Waals surface area contributed by atoms with Gasteiger partial charge in [0.15, 0.2) is 6.29 Å². The maximum absolute atomic E-state index is 9.47. The fraction of sp³-hybridized carbons (Fsp3) is 1.00. The van der Waals surface area contributed by atoms with Gasteiger partial charge in [-0.2, -0.15) is 0 Å². The van der Waals surface area contributed by atoms with Crippen LogP contribution in [-0.4, -0.2) is 18.0 Å². The van der Waals surface area contributed by atoms with E-state index in [0.29, 0.717) is 0 Å². The summed E-state index contributed by atoms with van der Waals surface area (Å²) < 4.78 is 5.37. The lowest BCUT2D eigenvalue weighted by molar-refractivity contribution is -0.104. The van der Waals surface area contributed by atoms with Crippen molar-refractivity contribution in [1.29, 1.82) is 0 Å². The van der Waals surface area contributed by atoms with Crippen LogP contribution in [0.15, 0.2) is 0 Å². The zero-order valence-electron chi connectivity index (χ0n) is 18.3. The van der Waals surface area contributed by atoms with Gasteiger partial charge in [0, 0.05) is 6.61 Å². The van der Waals surface area contributed by atoms with Crippen molar-refractivity contribution in [2.24, 2.45) is 0 Å². The minimum atomic E-state index is -0.536. The van der Waals surface area contributed by atoms with Crippen molar-refractivity contribution in [2.45, 2.75) is 149 Å². The van der Waals surface area contributed by atoms with Gasteiger partial charge in [-0.3, -0.25) is 0 Å². The predicted molar refractivity (Wildman–Crippen MR) is 116 cm³/mol. The lowest BCUT2D eigenvalue weighted by Crippen LogP contribution is -2.12. The Labute approximate surface area is 165 Å². The molecule has 158 valence electrons. The number of hydrogen-bond acceptors (Lipinski definition) is 2. The highest BCUT2D eigenvalue weighted by Gasteiger charge is 2.01. The van der Waals surface area contributed by atoms with Gasteiger partial charge in [0.1, 0.15) is 0 Å². The largest absolute Gasteiger partial charge is 0.368 e. The Hall–Kier alpha value is -0.0800. The van der Waals surface area contributed by atoms with Gasteiger partial charge in [-0.25, -0.2) is 0 Å². The molecule has 0 aromatic carbocycles. The molecule has 26 heavy (non-hydrogen) atoms. The Morgan fingerprint density at radius 2 is 0.846 bits per heavy atom. The van der Waals surface area contributed by atoms with E-state index in [1.165, 1.54) is 109 Å². The van der Waals surface area contributed by atoms with E-state index in [0.717, 1.165) is 25.9 Å². The number of aliphatic hydroxyl groups is 1. The first-order chi connectivity index (χ1) is 12.8. The Bertz CT molecular complexity index is 242. The fourth-order valence-electron chi connectivity index (χ4n) is 3.55. The zero-order valence-corrected chi connectivity index (χ0v) is 18.3. The third-order valence-electron chi connectivity index (χ3n) is 5.34. The predicted octanol–water partition coefficient (Wildman–Crippen LogP) is 8.16. The summed E-state index contributed by atoms with van der Waals surface area (Å²) in [5.74, 6) is 0. The zero-order chi connectivity index (χ0) is 19.1. The normalized spacial score (nSPS) is 12.6. The van der Waals surface area contributed by atoms with E-state index in [2.05, 4.69) is 13.8 Å². The number of rotatable bonds is 22. The van der Waals surface area contributed by atoms with Gasteiger partial charge in [0.25, 0.3) is 0 Å². The molecule has 0 saturated carbocycles. The second-order valence-corrected chi connectivity index (χ2v) is 8.12. The number of ether oxygens (including phenoxy) is 1. The van der Waals surface area contributed by atoms with Gasteiger partial charge in [-0.1, -0.05) is 129 Å². The standard InChI is InChI=1S/C24H50O2/c1-3-5-6-7-8-9-10-11-12-13-14-15-16-17-18-19-20-21-23-26-24(25)22-4-2/h24-25H,3-23H2,1-2H3. The molecule has 0 spiro atoms. The first kappa shape index (κ1) is 25.9. The Balaban J connectivity index is 3.01. The van der Waals surface area contributed by atoms with Gasteiger partial charge in [-0.05, 0) is 12.8 Å². The number of unbranched alkanes of at least 4 members (excludes halogenated alkanes) is 17. The SMILES string of the molecule is CCCCCCCCCCCCCCCCCCCCOC(O)CCC. The maximum atomic E-state index is 9.47. The molecule has 0 bridgehead atoms. The van der Waals surface area contributed by atoms with E-state index in [1.54, 1.807) is 0 Å². The maximum Gasteiger partial charge on any atom is 0.154 e. The minimum Gasteiger partial charge on any atom is -0.368 e. The van der Waals surface area contributed by atoms with Crippen LogP contribution in [0.25, 0.3) is 0 Å². The van der Waals surface area contributed by atoms with Crippen LogP contribution in [0, 0.1) is 0 Å². The van der Waals surface area contributed by atoms with E-state index in [9.17, 15) is 5.11 Å². The summed E-state index contributed by atoms with van der Waals surface area (Å²) in [5, 5.41) is 9.47. The molecule has 0 amide bonds. The molecule has 0 aliphatic heterocycles. The number of aliphatic hydroxyl groups excluding tert-OH is 1. The van der Waals surface area contributed by atoms with E-state index in [4.69, 9.17) is 4.74 Å². The molecular formula is C24H50O2. The van der Waals surface area contributed by atoms with Crippen LogP contribution in [-0.2, 0) is 4.74 Å². The fourth-order valence-corrected chi connectivity index (χ4v) is 3.55. The van der Waals surface area contributed by atoms with Crippen molar-refractivity contribution in [2.75, 3.05) is 6.61 Å². The summed E-state index contributed by atoms with van der Waals surface area (Å²) in [6.45, 7) is 5.08. The average molecular weight is 371 g/mol. The molecule has 1 unspecified atom stereocenters. The summed E-state index contributed by atoms with van der Waals surface area (Å²) in [7, 11) is 0. The molecule has 0 aromatic rings. The molecule has 2 heteroatoms. The van der Waals surface area contributed by atoms with E-state index >= 15 is 0 Å². The lowest BCUT2D eigenvalue weighted by atomic mass is 10.0. The highest BCUT2D eigenvalue weighted by molar-refractivity contribution is 4.50. The van der Waals surface area contributed by atoms with Gasteiger partial charge in [0.05, 0.1) is 0 Å². The summed E-state index contributed by atoms with van der Waals surface area (Å²) in [5.41, 5.74) is 0. The van der Waals surface area contributed by atoms with Crippen molar-refractivity contribution >= 4 is 0 Å². The van der Waals surface area contributed by atoms with Crippen LogP contribution >= 0.6 is 0 Å². The van der Waals surface area contributed by atoms with Crippen molar-refractivity contribution in [3.63, 3.8) is 0 Å². The summed E-state index contributed by atoms with van der Waals surface area (Å²) >= 11 is 0. The molecule has 0 radical (unpaired) electrons. The van der Waals surface area contributed by atoms with Gasteiger partial charge >= 0.3 is 0 Å². The Kier molecular flexibility index (Phi) is 22.9. The minimum absolute atomic E-state index is 0.536. The third kappa shape index (κ3) is 22.0. The van der Waals surface area contributed by atoms with E-state index in [-0.39, 0.29) is 0 Å². The molecule has 0 saturated heterocycles. The molecule has 1 N–H and O–H groups in total. The van der Waals surface area contributed by atoms with Gasteiger partial charge in [-0.15, -0.1) is 0 Å². The summed E-state index contributed by atoms with van der Waals surface area (Å²) in [6.07, 6.45) is 26.4. The van der Waals surface area contributed by atoms with E-state index in [1.807, 2.05) is 0 Å². The van der Waals surface area contributed by atoms with Crippen LogP contribution in [0.1, 0.15) is 142 Å².